The van der Waals surface area contributed by atoms with Gasteiger partial charge in [0.2, 0.25) is 5.91 Å². The van der Waals surface area contributed by atoms with Gasteiger partial charge in [0.1, 0.15) is 0 Å². The highest BCUT2D eigenvalue weighted by molar-refractivity contribution is 5.95. The van der Waals surface area contributed by atoms with Crippen molar-refractivity contribution in [3.05, 3.63) is 53.9 Å². The first-order chi connectivity index (χ1) is 13.7. The topological polar surface area (TPSA) is 67.2 Å². The Bertz CT molecular complexity index is 812. The monoisotopic (exact) mass is 380 g/mol. The molecular formula is C22H28N4O2. The summed E-state index contributed by atoms with van der Waals surface area (Å²) in [4.78, 5) is 27.0. The zero-order chi connectivity index (χ0) is 19.3. The number of benzene rings is 1. The molecule has 1 aliphatic heterocycles. The van der Waals surface area contributed by atoms with E-state index >= 15 is 0 Å². The number of nitrogens with zero attached hydrogens (tertiary/aromatic N) is 3. The first kappa shape index (κ1) is 18.7. The standard InChI is InChI=1S/C22H28N4O2/c27-21-13-20(16-25(21)14-17-6-2-1-3-7-17)24-22(28)19-9-4-8-18(12-19)15-26-11-5-10-23-26/h4-5,8-12,17,20H,1-3,6-7,13-16H2,(H,24,28). The lowest BCUT2D eigenvalue weighted by Crippen LogP contribution is -2.38. The number of hydrogen-bond acceptors (Lipinski definition) is 3. The van der Waals surface area contributed by atoms with E-state index in [9.17, 15) is 9.59 Å². The van der Waals surface area contributed by atoms with Crippen LogP contribution in [0.15, 0.2) is 42.7 Å². The van der Waals surface area contributed by atoms with Crippen molar-refractivity contribution in [2.45, 2.75) is 51.1 Å². The Balaban J connectivity index is 1.33. The molecule has 0 bridgehead atoms. The van der Waals surface area contributed by atoms with Crippen LogP contribution in [0.1, 0.15) is 54.4 Å². The molecule has 2 amide bonds. The third kappa shape index (κ3) is 4.61. The second-order valence-corrected chi connectivity index (χ2v) is 8.08. The quantitative estimate of drug-likeness (QED) is 0.838. The average molecular weight is 380 g/mol. The molecule has 148 valence electrons. The van der Waals surface area contributed by atoms with E-state index in [2.05, 4.69) is 10.4 Å². The van der Waals surface area contributed by atoms with Crippen molar-refractivity contribution in [1.82, 2.24) is 20.0 Å². The summed E-state index contributed by atoms with van der Waals surface area (Å²) in [6.45, 7) is 2.11. The summed E-state index contributed by atoms with van der Waals surface area (Å²) < 4.78 is 1.83. The number of amides is 2. The Morgan fingerprint density at radius 1 is 1.18 bits per heavy atom. The van der Waals surface area contributed by atoms with Crippen LogP contribution >= 0.6 is 0 Å². The number of rotatable bonds is 6. The van der Waals surface area contributed by atoms with Crippen molar-refractivity contribution in [3.63, 3.8) is 0 Å². The third-order valence-corrected chi connectivity index (χ3v) is 5.85. The van der Waals surface area contributed by atoms with Gasteiger partial charge in [0.25, 0.3) is 5.91 Å². The molecule has 1 unspecified atom stereocenters. The van der Waals surface area contributed by atoms with E-state index in [1.165, 1.54) is 32.1 Å². The van der Waals surface area contributed by atoms with Gasteiger partial charge >= 0.3 is 0 Å². The Hall–Kier alpha value is -2.63. The summed E-state index contributed by atoms with van der Waals surface area (Å²) in [6.07, 6.45) is 10.4. The van der Waals surface area contributed by atoms with Crippen LogP contribution in [0.4, 0.5) is 0 Å². The van der Waals surface area contributed by atoms with E-state index in [4.69, 9.17) is 0 Å². The minimum absolute atomic E-state index is 0.0987. The number of likely N-dealkylation sites (tertiary alicyclic amines) is 1. The second kappa shape index (κ2) is 8.59. The van der Waals surface area contributed by atoms with Crippen LogP contribution in [0.2, 0.25) is 0 Å². The van der Waals surface area contributed by atoms with Crippen molar-refractivity contribution in [2.24, 2.45) is 5.92 Å². The van der Waals surface area contributed by atoms with Gasteiger partial charge in [0.15, 0.2) is 0 Å². The molecule has 1 saturated heterocycles. The van der Waals surface area contributed by atoms with Crippen LogP contribution in [-0.2, 0) is 11.3 Å². The van der Waals surface area contributed by atoms with E-state index in [-0.39, 0.29) is 17.9 Å². The SMILES string of the molecule is O=C(NC1CC(=O)N(CC2CCCCC2)C1)c1cccc(Cn2cccn2)c1. The van der Waals surface area contributed by atoms with Crippen LogP contribution in [0.5, 0.6) is 0 Å². The molecule has 4 rings (SSSR count). The number of hydrogen-bond donors (Lipinski definition) is 1. The van der Waals surface area contributed by atoms with Gasteiger partial charge in [-0.25, -0.2) is 0 Å². The lowest BCUT2D eigenvalue weighted by molar-refractivity contribution is -0.128. The zero-order valence-electron chi connectivity index (χ0n) is 16.2. The van der Waals surface area contributed by atoms with Gasteiger partial charge in [0.05, 0.1) is 12.6 Å². The van der Waals surface area contributed by atoms with E-state index in [0.29, 0.717) is 31.0 Å². The van der Waals surface area contributed by atoms with Crippen LogP contribution in [-0.4, -0.2) is 45.6 Å². The minimum atomic E-state index is -0.111. The molecular weight excluding hydrogens is 352 g/mol. The van der Waals surface area contributed by atoms with Crippen molar-refractivity contribution >= 4 is 11.8 Å². The molecule has 0 spiro atoms. The van der Waals surface area contributed by atoms with Crippen LogP contribution < -0.4 is 5.32 Å². The molecule has 6 nitrogen and oxygen atoms in total. The maximum absolute atomic E-state index is 12.7. The Labute approximate surface area is 165 Å². The number of carbonyl (C=O) groups is 2. The molecule has 1 N–H and O–H groups in total. The van der Waals surface area contributed by atoms with Crippen LogP contribution in [0.3, 0.4) is 0 Å². The zero-order valence-corrected chi connectivity index (χ0v) is 16.2. The van der Waals surface area contributed by atoms with Crippen LogP contribution in [0, 0.1) is 5.92 Å². The lowest BCUT2D eigenvalue weighted by atomic mass is 9.89. The van der Waals surface area contributed by atoms with Gasteiger partial charge in [-0.15, -0.1) is 0 Å². The smallest absolute Gasteiger partial charge is 0.251 e. The number of aromatic nitrogens is 2. The highest BCUT2D eigenvalue weighted by Gasteiger charge is 2.32. The Morgan fingerprint density at radius 2 is 2.04 bits per heavy atom. The largest absolute Gasteiger partial charge is 0.347 e. The molecule has 28 heavy (non-hydrogen) atoms. The first-order valence-electron chi connectivity index (χ1n) is 10.3. The van der Waals surface area contributed by atoms with E-state index in [1.807, 2.05) is 46.1 Å². The maximum Gasteiger partial charge on any atom is 0.251 e. The van der Waals surface area contributed by atoms with Gasteiger partial charge in [-0.2, -0.15) is 5.10 Å². The normalized spacial score (nSPS) is 20.5. The third-order valence-electron chi connectivity index (χ3n) is 5.85. The average Bonchev–Trinajstić information content (AvgIpc) is 3.33. The molecule has 1 aromatic heterocycles. The first-order valence-corrected chi connectivity index (χ1v) is 10.3. The van der Waals surface area contributed by atoms with Crippen molar-refractivity contribution in [3.8, 4) is 0 Å². The summed E-state index contributed by atoms with van der Waals surface area (Å²) in [5.74, 6) is 0.689. The van der Waals surface area contributed by atoms with Gasteiger partial charge in [-0.05, 0) is 42.5 Å². The Morgan fingerprint density at radius 3 is 2.82 bits per heavy atom. The molecule has 1 aromatic carbocycles. The summed E-state index contributed by atoms with van der Waals surface area (Å²) in [5.41, 5.74) is 1.65. The second-order valence-electron chi connectivity index (χ2n) is 8.08. The fourth-order valence-corrected chi connectivity index (χ4v) is 4.39. The Kier molecular flexibility index (Phi) is 5.74. The molecule has 6 heteroatoms. The van der Waals surface area contributed by atoms with E-state index in [1.54, 1.807) is 6.20 Å². The predicted octanol–water partition coefficient (Wildman–Crippen LogP) is 2.84. The van der Waals surface area contributed by atoms with Crippen LogP contribution in [0.25, 0.3) is 0 Å². The molecule has 1 aliphatic carbocycles. The van der Waals surface area contributed by atoms with E-state index < -0.39 is 0 Å². The van der Waals surface area contributed by atoms with Crippen molar-refractivity contribution in [1.29, 1.82) is 0 Å². The van der Waals surface area contributed by atoms with Gasteiger partial charge in [-0.1, -0.05) is 31.4 Å². The van der Waals surface area contributed by atoms with Crippen molar-refractivity contribution < 1.29 is 9.59 Å². The lowest BCUT2D eigenvalue weighted by Gasteiger charge is -2.27. The summed E-state index contributed by atoms with van der Waals surface area (Å²) in [7, 11) is 0. The molecule has 0 radical (unpaired) electrons. The molecule has 1 atom stereocenters. The fraction of sp³-hybridized carbons (Fsp3) is 0.500. The van der Waals surface area contributed by atoms with Gasteiger partial charge < -0.3 is 10.2 Å². The molecule has 2 heterocycles. The summed E-state index contributed by atoms with van der Waals surface area (Å²) in [6, 6.07) is 9.38. The maximum atomic E-state index is 12.7. The van der Waals surface area contributed by atoms with E-state index in [0.717, 1.165) is 12.1 Å². The highest BCUT2D eigenvalue weighted by Crippen LogP contribution is 2.26. The van der Waals surface area contributed by atoms with Gasteiger partial charge in [0, 0.05) is 37.5 Å². The molecule has 2 aliphatic rings. The number of carbonyl (C=O) groups excluding carboxylic acids is 2. The summed E-state index contributed by atoms with van der Waals surface area (Å²) in [5, 5.41) is 7.26. The highest BCUT2D eigenvalue weighted by atomic mass is 16.2. The van der Waals surface area contributed by atoms with Gasteiger partial charge in [-0.3, -0.25) is 14.3 Å². The molecule has 2 aromatic rings. The molecule has 2 fully saturated rings. The minimum Gasteiger partial charge on any atom is -0.347 e. The van der Waals surface area contributed by atoms with Crippen molar-refractivity contribution in [2.75, 3.05) is 13.1 Å². The predicted molar refractivity (Wildman–Crippen MR) is 107 cm³/mol. The molecule has 1 saturated carbocycles. The fourth-order valence-electron chi connectivity index (χ4n) is 4.39. The summed E-state index contributed by atoms with van der Waals surface area (Å²) >= 11 is 0. The number of nitrogens with one attached hydrogen (secondary N) is 1.